The van der Waals surface area contributed by atoms with Gasteiger partial charge in [0, 0.05) is 10.7 Å². The fourth-order valence-electron chi connectivity index (χ4n) is 1.24. The van der Waals surface area contributed by atoms with Gasteiger partial charge >= 0.3 is 0 Å². The number of nitrogens with two attached hydrogens (primary N) is 1. The van der Waals surface area contributed by atoms with Gasteiger partial charge in [0.2, 0.25) is 5.91 Å². The second kappa shape index (κ2) is 5.73. The molecule has 1 aromatic rings. The normalized spacial score (nSPS) is 12.2. The average Bonchev–Trinajstić information content (AvgIpc) is 2.18. The molecule has 4 heteroatoms. The summed E-state index contributed by atoms with van der Waals surface area (Å²) in [7, 11) is 0. The first-order valence-corrected chi connectivity index (χ1v) is 5.33. The number of halogens is 1. The quantitative estimate of drug-likeness (QED) is 0.829. The number of hydrogen-bond acceptors (Lipinski definition) is 2. The van der Waals surface area contributed by atoms with Crippen LogP contribution in [0.15, 0.2) is 24.3 Å². The lowest BCUT2D eigenvalue weighted by Crippen LogP contribution is -2.35. The average molecular weight is 227 g/mol. The van der Waals surface area contributed by atoms with Crippen LogP contribution in [0.4, 0.5) is 5.69 Å². The zero-order valence-corrected chi connectivity index (χ0v) is 9.42. The molecule has 15 heavy (non-hydrogen) atoms. The first kappa shape index (κ1) is 12.0. The van der Waals surface area contributed by atoms with Crippen LogP contribution in [-0.2, 0) is 4.79 Å². The van der Waals surface area contributed by atoms with E-state index in [4.69, 9.17) is 17.3 Å². The summed E-state index contributed by atoms with van der Waals surface area (Å²) < 4.78 is 0. The van der Waals surface area contributed by atoms with Crippen LogP contribution in [0.5, 0.6) is 0 Å². The molecule has 0 aliphatic carbocycles. The van der Waals surface area contributed by atoms with Crippen LogP contribution < -0.4 is 11.1 Å². The number of anilines is 1. The Morgan fingerprint density at radius 3 is 2.93 bits per heavy atom. The van der Waals surface area contributed by atoms with Crippen molar-refractivity contribution in [1.82, 2.24) is 0 Å². The molecular formula is C11H15ClN2O. The molecule has 3 nitrogen and oxygen atoms in total. The highest BCUT2D eigenvalue weighted by Crippen LogP contribution is 2.15. The van der Waals surface area contributed by atoms with Crippen molar-refractivity contribution >= 4 is 23.2 Å². The Labute approximate surface area is 94.6 Å². The Hall–Kier alpha value is -1.06. The third-order valence-corrected chi connectivity index (χ3v) is 2.26. The van der Waals surface area contributed by atoms with E-state index < -0.39 is 6.04 Å². The molecule has 0 saturated carbocycles. The number of rotatable bonds is 4. The van der Waals surface area contributed by atoms with Gasteiger partial charge in [-0.05, 0) is 24.6 Å². The molecule has 1 amide bonds. The number of amides is 1. The monoisotopic (exact) mass is 226 g/mol. The zero-order valence-electron chi connectivity index (χ0n) is 8.66. The summed E-state index contributed by atoms with van der Waals surface area (Å²) >= 11 is 5.79. The van der Waals surface area contributed by atoms with Gasteiger partial charge in [0.25, 0.3) is 0 Å². The summed E-state index contributed by atoms with van der Waals surface area (Å²) in [5, 5.41) is 3.31. The van der Waals surface area contributed by atoms with Crippen molar-refractivity contribution in [2.75, 3.05) is 5.32 Å². The molecule has 0 saturated heterocycles. The number of carbonyl (C=O) groups excluding carboxylic acids is 1. The molecule has 0 spiro atoms. The molecule has 82 valence electrons. The maximum atomic E-state index is 11.5. The van der Waals surface area contributed by atoms with E-state index in [9.17, 15) is 4.79 Å². The first-order chi connectivity index (χ1) is 7.13. The van der Waals surface area contributed by atoms with E-state index in [0.717, 1.165) is 6.42 Å². The molecule has 0 aliphatic rings. The number of nitrogens with one attached hydrogen (secondary N) is 1. The van der Waals surface area contributed by atoms with Crippen molar-refractivity contribution in [1.29, 1.82) is 0 Å². The van der Waals surface area contributed by atoms with Crippen molar-refractivity contribution in [3.05, 3.63) is 29.3 Å². The standard InChI is InChI=1S/C11H15ClN2O/c1-2-4-10(13)11(15)14-9-6-3-5-8(12)7-9/h3,5-7,10H,2,4,13H2,1H3,(H,14,15)/t10-/m0/s1. The van der Waals surface area contributed by atoms with Crippen LogP contribution in [-0.4, -0.2) is 11.9 Å². The molecule has 0 radical (unpaired) electrons. The minimum atomic E-state index is -0.450. The van der Waals surface area contributed by atoms with Crippen molar-refractivity contribution in [2.45, 2.75) is 25.8 Å². The van der Waals surface area contributed by atoms with Crippen LogP contribution >= 0.6 is 11.6 Å². The molecule has 0 aromatic heterocycles. The Morgan fingerprint density at radius 1 is 1.60 bits per heavy atom. The van der Waals surface area contributed by atoms with Crippen LogP contribution in [0.2, 0.25) is 5.02 Å². The minimum Gasteiger partial charge on any atom is -0.325 e. The fraction of sp³-hybridized carbons (Fsp3) is 0.364. The lowest BCUT2D eigenvalue weighted by atomic mass is 10.1. The smallest absolute Gasteiger partial charge is 0.241 e. The third kappa shape index (κ3) is 3.90. The van der Waals surface area contributed by atoms with E-state index in [0.29, 0.717) is 17.1 Å². The predicted octanol–water partition coefficient (Wildman–Crippen LogP) is 2.41. The highest BCUT2D eigenvalue weighted by molar-refractivity contribution is 6.30. The van der Waals surface area contributed by atoms with Crippen molar-refractivity contribution in [3.63, 3.8) is 0 Å². The third-order valence-electron chi connectivity index (χ3n) is 2.03. The highest BCUT2D eigenvalue weighted by Gasteiger charge is 2.11. The fourth-order valence-corrected chi connectivity index (χ4v) is 1.43. The van der Waals surface area contributed by atoms with Crippen LogP contribution in [0.3, 0.4) is 0 Å². The largest absolute Gasteiger partial charge is 0.325 e. The van der Waals surface area contributed by atoms with E-state index >= 15 is 0 Å². The van der Waals surface area contributed by atoms with Gasteiger partial charge in [0.1, 0.15) is 0 Å². The lowest BCUT2D eigenvalue weighted by Gasteiger charge is -2.11. The zero-order chi connectivity index (χ0) is 11.3. The summed E-state index contributed by atoms with van der Waals surface area (Å²) in [6, 6.07) is 6.56. The minimum absolute atomic E-state index is 0.167. The van der Waals surface area contributed by atoms with Gasteiger partial charge < -0.3 is 11.1 Å². The number of hydrogen-bond donors (Lipinski definition) is 2. The van der Waals surface area contributed by atoms with Gasteiger partial charge in [-0.1, -0.05) is 31.0 Å². The van der Waals surface area contributed by atoms with Gasteiger partial charge in [-0.2, -0.15) is 0 Å². The molecule has 0 heterocycles. The molecule has 0 fully saturated rings. The molecule has 3 N–H and O–H groups in total. The van der Waals surface area contributed by atoms with Crippen LogP contribution in [0.25, 0.3) is 0 Å². The van der Waals surface area contributed by atoms with Crippen LogP contribution in [0, 0.1) is 0 Å². The molecular weight excluding hydrogens is 212 g/mol. The molecule has 1 atom stereocenters. The van der Waals surface area contributed by atoms with E-state index in [2.05, 4.69) is 5.32 Å². The van der Waals surface area contributed by atoms with E-state index in [1.165, 1.54) is 0 Å². The first-order valence-electron chi connectivity index (χ1n) is 4.95. The number of benzene rings is 1. The SMILES string of the molecule is CCC[C@H](N)C(=O)Nc1cccc(Cl)c1. The summed E-state index contributed by atoms with van der Waals surface area (Å²) in [6.45, 7) is 1.99. The van der Waals surface area contributed by atoms with E-state index in [1.54, 1.807) is 24.3 Å². The maximum absolute atomic E-state index is 11.5. The van der Waals surface area contributed by atoms with Gasteiger partial charge in [-0.3, -0.25) is 4.79 Å². The van der Waals surface area contributed by atoms with Crippen molar-refractivity contribution in [3.8, 4) is 0 Å². The van der Waals surface area contributed by atoms with E-state index in [1.807, 2.05) is 6.92 Å². The van der Waals surface area contributed by atoms with Gasteiger partial charge in [0.05, 0.1) is 6.04 Å². The summed E-state index contributed by atoms with van der Waals surface area (Å²) in [5.41, 5.74) is 6.35. The topological polar surface area (TPSA) is 55.1 Å². The molecule has 1 aromatic carbocycles. The van der Waals surface area contributed by atoms with Gasteiger partial charge in [-0.25, -0.2) is 0 Å². The Morgan fingerprint density at radius 2 is 2.33 bits per heavy atom. The Bertz CT molecular complexity index is 341. The van der Waals surface area contributed by atoms with E-state index in [-0.39, 0.29) is 5.91 Å². The summed E-state index contributed by atoms with van der Waals surface area (Å²) in [5.74, 6) is -0.167. The summed E-state index contributed by atoms with van der Waals surface area (Å²) in [4.78, 5) is 11.5. The summed E-state index contributed by atoms with van der Waals surface area (Å²) in [6.07, 6.45) is 1.58. The second-order valence-electron chi connectivity index (χ2n) is 3.39. The highest BCUT2D eigenvalue weighted by atomic mass is 35.5. The van der Waals surface area contributed by atoms with Crippen molar-refractivity contribution < 1.29 is 4.79 Å². The van der Waals surface area contributed by atoms with Gasteiger partial charge in [-0.15, -0.1) is 0 Å². The second-order valence-corrected chi connectivity index (χ2v) is 3.83. The number of carbonyl (C=O) groups is 1. The lowest BCUT2D eigenvalue weighted by molar-refractivity contribution is -0.117. The molecule has 1 rings (SSSR count). The maximum Gasteiger partial charge on any atom is 0.241 e. The molecule has 0 aliphatic heterocycles. The molecule has 0 bridgehead atoms. The molecule has 0 unspecified atom stereocenters. The van der Waals surface area contributed by atoms with Crippen molar-refractivity contribution in [2.24, 2.45) is 5.73 Å². The van der Waals surface area contributed by atoms with Gasteiger partial charge in [0.15, 0.2) is 0 Å². The Balaban J connectivity index is 2.58. The Kier molecular flexibility index (Phi) is 4.59. The van der Waals surface area contributed by atoms with Crippen LogP contribution in [0.1, 0.15) is 19.8 Å². The predicted molar refractivity (Wildman–Crippen MR) is 63.0 cm³/mol.